The number of ether oxygens (including phenoxy) is 1. The molecule has 2 heterocycles. The van der Waals surface area contributed by atoms with Crippen molar-refractivity contribution in [3.63, 3.8) is 0 Å². The molecule has 0 unspecified atom stereocenters. The van der Waals surface area contributed by atoms with Crippen molar-refractivity contribution in [1.29, 1.82) is 0 Å². The van der Waals surface area contributed by atoms with E-state index in [1.165, 1.54) is 0 Å². The van der Waals surface area contributed by atoms with Crippen molar-refractivity contribution in [3.8, 4) is 0 Å². The highest BCUT2D eigenvalue weighted by atomic mass is 16.5. The van der Waals surface area contributed by atoms with E-state index in [0.29, 0.717) is 24.5 Å². The number of nitrogens with one attached hydrogen (secondary N) is 1. The summed E-state index contributed by atoms with van der Waals surface area (Å²) >= 11 is 0. The molecule has 2 rings (SSSR count). The molecule has 0 spiro atoms. The van der Waals surface area contributed by atoms with Gasteiger partial charge in [0.05, 0.1) is 13.2 Å². The van der Waals surface area contributed by atoms with Crippen molar-refractivity contribution in [2.75, 3.05) is 31.2 Å². The molecule has 0 amide bonds. The summed E-state index contributed by atoms with van der Waals surface area (Å²) in [5.74, 6) is 0.638. The van der Waals surface area contributed by atoms with Crippen LogP contribution in [0.1, 0.15) is 26.2 Å². The number of nitrogens with zero attached hydrogens (tertiary/aromatic N) is 3. The summed E-state index contributed by atoms with van der Waals surface area (Å²) in [4.78, 5) is 2.08. The smallest absolute Gasteiger partial charge is 0.318 e. The summed E-state index contributed by atoms with van der Waals surface area (Å²) in [5.41, 5.74) is 0. The Morgan fingerprint density at radius 3 is 3.00 bits per heavy atom. The van der Waals surface area contributed by atoms with E-state index in [1.54, 1.807) is 0 Å². The lowest BCUT2D eigenvalue weighted by Gasteiger charge is -2.15. The van der Waals surface area contributed by atoms with Crippen LogP contribution >= 0.6 is 0 Å². The van der Waals surface area contributed by atoms with Crippen molar-refractivity contribution < 1.29 is 9.15 Å². The first-order valence-corrected chi connectivity index (χ1v) is 6.14. The molecule has 0 aromatic carbocycles. The molecule has 1 aromatic heterocycles. The lowest BCUT2D eigenvalue weighted by Crippen LogP contribution is -2.26. The maximum atomic E-state index is 5.61. The highest BCUT2D eigenvalue weighted by Gasteiger charge is 2.16. The second kappa shape index (κ2) is 5.97. The van der Waals surface area contributed by atoms with Crippen molar-refractivity contribution in [2.45, 2.75) is 32.9 Å². The zero-order valence-corrected chi connectivity index (χ0v) is 10.5. The minimum atomic E-state index is 0.414. The van der Waals surface area contributed by atoms with Crippen LogP contribution in [0.4, 0.5) is 6.01 Å². The quantitative estimate of drug-likeness (QED) is 0.839. The van der Waals surface area contributed by atoms with E-state index in [-0.39, 0.29) is 0 Å². The molecule has 1 fully saturated rings. The molecule has 0 saturated carbocycles. The van der Waals surface area contributed by atoms with E-state index in [2.05, 4.69) is 34.3 Å². The molecular formula is C11H20N4O2. The van der Waals surface area contributed by atoms with Crippen molar-refractivity contribution in [3.05, 3.63) is 5.89 Å². The molecule has 1 aliphatic rings. The molecule has 6 heteroatoms. The van der Waals surface area contributed by atoms with Gasteiger partial charge in [-0.2, -0.15) is 0 Å². The first-order chi connectivity index (χ1) is 8.25. The van der Waals surface area contributed by atoms with Crippen LogP contribution in [-0.2, 0) is 11.3 Å². The third-order valence-corrected chi connectivity index (χ3v) is 2.61. The summed E-state index contributed by atoms with van der Waals surface area (Å²) < 4.78 is 11.0. The second-order valence-electron chi connectivity index (χ2n) is 4.47. The third-order valence-electron chi connectivity index (χ3n) is 2.61. The molecule has 1 aromatic rings. The standard InChI is InChI=1S/C11H20N4O2/c1-9(2)12-8-10-13-14-11(17-10)15-4-3-6-16-7-5-15/h9,12H,3-8H2,1-2H3. The maximum absolute atomic E-state index is 5.61. The highest BCUT2D eigenvalue weighted by Crippen LogP contribution is 2.14. The lowest BCUT2D eigenvalue weighted by molar-refractivity contribution is 0.152. The van der Waals surface area contributed by atoms with Crippen LogP contribution in [0.3, 0.4) is 0 Å². The van der Waals surface area contributed by atoms with Crippen molar-refractivity contribution in [1.82, 2.24) is 15.5 Å². The Balaban J connectivity index is 1.92. The fourth-order valence-electron chi connectivity index (χ4n) is 1.67. The average Bonchev–Trinajstić information content (AvgIpc) is 2.60. The van der Waals surface area contributed by atoms with Crippen LogP contribution < -0.4 is 10.2 Å². The van der Waals surface area contributed by atoms with Gasteiger partial charge in [-0.3, -0.25) is 0 Å². The summed E-state index contributed by atoms with van der Waals surface area (Å²) in [7, 11) is 0. The first-order valence-electron chi connectivity index (χ1n) is 6.14. The van der Waals surface area contributed by atoms with E-state index < -0.39 is 0 Å². The fraction of sp³-hybridized carbons (Fsp3) is 0.818. The average molecular weight is 240 g/mol. The number of hydrogen-bond acceptors (Lipinski definition) is 6. The van der Waals surface area contributed by atoms with Crippen LogP contribution in [0.5, 0.6) is 0 Å². The Kier molecular flexibility index (Phi) is 4.33. The van der Waals surface area contributed by atoms with Crippen molar-refractivity contribution >= 4 is 6.01 Å². The number of anilines is 1. The lowest BCUT2D eigenvalue weighted by atomic mass is 10.4. The summed E-state index contributed by atoms with van der Waals surface area (Å²) in [6.45, 7) is 8.06. The molecule has 0 radical (unpaired) electrons. The Morgan fingerprint density at radius 1 is 1.29 bits per heavy atom. The molecule has 1 N–H and O–H groups in total. The molecule has 0 atom stereocenters. The molecule has 0 bridgehead atoms. The van der Waals surface area contributed by atoms with Crippen molar-refractivity contribution in [2.24, 2.45) is 0 Å². The van der Waals surface area contributed by atoms with E-state index in [1.807, 2.05) is 0 Å². The van der Waals surface area contributed by atoms with E-state index in [9.17, 15) is 0 Å². The molecule has 96 valence electrons. The highest BCUT2D eigenvalue weighted by molar-refractivity contribution is 5.23. The van der Waals surface area contributed by atoms with Crippen LogP contribution in [-0.4, -0.2) is 42.5 Å². The van der Waals surface area contributed by atoms with Gasteiger partial charge in [0.25, 0.3) is 0 Å². The summed E-state index contributed by atoms with van der Waals surface area (Å²) in [5, 5.41) is 11.4. The normalized spacial score (nSPS) is 17.5. The third kappa shape index (κ3) is 3.67. The van der Waals surface area contributed by atoms with Gasteiger partial charge in [-0.05, 0) is 6.42 Å². The zero-order valence-electron chi connectivity index (χ0n) is 10.5. The van der Waals surface area contributed by atoms with E-state index in [4.69, 9.17) is 9.15 Å². The summed E-state index contributed by atoms with van der Waals surface area (Å²) in [6, 6.07) is 1.02. The minimum absolute atomic E-state index is 0.414. The number of rotatable bonds is 4. The second-order valence-corrected chi connectivity index (χ2v) is 4.47. The van der Waals surface area contributed by atoms with Crippen LogP contribution in [0.25, 0.3) is 0 Å². The van der Waals surface area contributed by atoms with Gasteiger partial charge in [0.15, 0.2) is 0 Å². The molecule has 6 nitrogen and oxygen atoms in total. The zero-order chi connectivity index (χ0) is 12.1. The van der Waals surface area contributed by atoms with Crippen LogP contribution in [0, 0.1) is 0 Å². The van der Waals surface area contributed by atoms with Gasteiger partial charge in [-0.25, -0.2) is 0 Å². The van der Waals surface area contributed by atoms with Gasteiger partial charge in [0.1, 0.15) is 0 Å². The minimum Gasteiger partial charge on any atom is -0.407 e. The topological polar surface area (TPSA) is 63.4 Å². The van der Waals surface area contributed by atoms with E-state index >= 15 is 0 Å². The number of aromatic nitrogens is 2. The first kappa shape index (κ1) is 12.3. The van der Waals surface area contributed by atoms with Crippen LogP contribution in [0.2, 0.25) is 0 Å². The molecule has 0 aliphatic carbocycles. The largest absolute Gasteiger partial charge is 0.407 e. The maximum Gasteiger partial charge on any atom is 0.318 e. The Hall–Kier alpha value is -1.14. The van der Waals surface area contributed by atoms with Gasteiger partial charge in [0, 0.05) is 25.7 Å². The predicted molar refractivity (Wildman–Crippen MR) is 63.9 cm³/mol. The Labute approximate surface area is 101 Å². The van der Waals surface area contributed by atoms with Gasteiger partial charge in [-0.15, -0.1) is 5.10 Å². The fourth-order valence-corrected chi connectivity index (χ4v) is 1.67. The van der Waals surface area contributed by atoms with Gasteiger partial charge in [-0.1, -0.05) is 18.9 Å². The predicted octanol–water partition coefficient (Wildman–Crippen LogP) is 0.794. The van der Waals surface area contributed by atoms with Gasteiger partial charge >= 0.3 is 6.01 Å². The van der Waals surface area contributed by atoms with Gasteiger partial charge in [0.2, 0.25) is 5.89 Å². The number of hydrogen-bond donors (Lipinski definition) is 1. The molecule has 17 heavy (non-hydrogen) atoms. The Bertz CT molecular complexity index is 332. The van der Waals surface area contributed by atoms with Crippen LogP contribution in [0.15, 0.2) is 4.42 Å². The van der Waals surface area contributed by atoms with Gasteiger partial charge < -0.3 is 19.4 Å². The monoisotopic (exact) mass is 240 g/mol. The molecule has 1 saturated heterocycles. The SMILES string of the molecule is CC(C)NCc1nnc(N2CCCOCC2)o1. The Morgan fingerprint density at radius 2 is 2.18 bits per heavy atom. The van der Waals surface area contributed by atoms with E-state index in [0.717, 1.165) is 32.7 Å². The summed E-state index contributed by atoms with van der Waals surface area (Å²) in [6.07, 6.45) is 1.00. The molecule has 1 aliphatic heterocycles. The molecular weight excluding hydrogens is 220 g/mol.